The van der Waals surface area contributed by atoms with Gasteiger partial charge >= 0.3 is 0 Å². The zero-order valence-corrected chi connectivity index (χ0v) is 12.3. The Hall–Kier alpha value is -2.16. The van der Waals surface area contributed by atoms with Crippen LogP contribution in [0.15, 0.2) is 42.5 Å². The molecule has 1 N–H and O–H groups in total. The minimum absolute atomic E-state index is 0.634. The molecule has 106 valence electrons. The lowest BCUT2D eigenvalue weighted by Gasteiger charge is -2.10. The summed E-state index contributed by atoms with van der Waals surface area (Å²) in [5.74, 6) is 1.79. The molecule has 0 fully saturated rings. The van der Waals surface area contributed by atoms with Gasteiger partial charge in [0.25, 0.3) is 0 Å². The molecule has 2 aromatic carbocycles. The molecule has 0 saturated heterocycles. The van der Waals surface area contributed by atoms with Gasteiger partial charge < -0.3 is 14.8 Å². The molecule has 2 aromatic rings. The molecular weight excluding hydrogens is 250 g/mol. The van der Waals surface area contributed by atoms with Gasteiger partial charge in [0.2, 0.25) is 0 Å². The average Bonchev–Trinajstić information content (AvgIpc) is 2.43. The van der Waals surface area contributed by atoms with E-state index in [4.69, 9.17) is 9.47 Å². The minimum Gasteiger partial charge on any atom is -0.497 e. The first-order chi connectivity index (χ1) is 9.67. The van der Waals surface area contributed by atoms with Crippen LogP contribution in [-0.2, 0) is 0 Å². The van der Waals surface area contributed by atoms with Crippen LogP contribution in [-0.4, -0.2) is 20.3 Å². The molecule has 0 aliphatic heterocycles. The van der Waals surface area contributed by atoms with Crippen molar-refractivity contribution >= 4 is 5.69 Å². The van der Waals surface area contributed by atoms with Crippen LogP contribution in [0.1, 0.15) is 11.1 Å². The first-order valence-electron chi connectivity index (χ1n) is 6.76. The van der Waals surface area contributed by atoms with Gasteiger partial charge in [0, 0.05) is 12.2 Å². The summed E-state index contributed by atoms with van der Waals surface area (Å²) in [6, 6.07) is 14.1. The molecule has 3 heteroatoms. The number of ether oxygens (including phenoxy) is 2. The highest BCUT2D eigenvalue weighted by atomic mass is 16.5. The molecule has 0 saturated carbocycles. The Balaban J connectivity index is 1.78. The Bertz CT molecular complexity index is 529. The van der Waals surface area contributed by atoms with Crippen LogP contribution in [0.25, 0.3) is 0 Å². The summed E-state index contributed by atoms with van der Waals surface area (Å²) in [6.07, 6.45) is 0. The molecule has 0 heterocycles. The number of methoxy groups -OCH3 is 1. The van der Waals surface area contributed by atoms with Crippen molar-refractivity contribution in [1.29, 1.82) is 0 Å². The van der Waals surface area contributed by atoms with Gasteiger partial charge in [-0.25, -0.2) is 0 Å². The van der Waals surface area contributed by atoms with Gasteiger partial charge in [0.05, 0.1) is 7.11 Å². The van der Waals surface area contributed by atoms with Crippen LogP contribution < -0.4 is 14.8 Å². The van der Waals surface area contributed by atoms with Crippen molar-refractivity contribution < 1.29 is 9.47 Å². The van der Waals surface area contributed by atoms with Crippen LogP contribution >= 0.6 is 0 Å². The molecule has 0 aliphatic carbocycles. The van der Waals surface area contributed by atoms with E-state index in [0.29, 0.717) is 6.61 Å². The molecule has 20 heavy (non-hydrogen) atoms. The van der Waals surface area contributed by atoms with Crippen LogP contribution in [0.5, 0.6) is 11.5 Å². The number of hydrogen-bond acceptors (Lipinski definition) is 3. The second-order valence-electron chi connectivity index (χ2n) is 4.83. The van der Waals surface area contributed by atoms with E-state index in [2.05, 4.69) is 37.4 Å². The second-order valence-corrected chi connectivity index (χ2v) is 4.83. The van der Waals surface area contributed by atoms with E-state index >= 15 is 0 Å². The Morgan fingerprint density at radius 2 is 1.55 bits per heavy atom. The monoisotopic (exact) mass is 271 g/mol. The summed E-state index contributed by atoms with van der Waals surface area (Å²) in [7, 11) is 1.67. The Labute approximate surface area is 120 Å². The van der Waals surface area contributed by atoms with Gasteiger partial charge in [-0.15, -0.1) is 0 Å². The lowest BCUT2D eigenvalue weighted by atomic mass is 10.1. The highest BCUT2D eigenvalue weighted by molar-refractivity contribution is 5.46. The summed E-state index contributed by atoms with van der Waals surface area (Å²) in [6.45, 7) is 5.55. The lowest BCUT2D eigenvalue weighted by Crippen LogP contribution is -2.11. The van der Waals surface area contributed by atoms with E-state index in [-0.39, 0.29) is 0 Å². The molecule has 0 atom stereocenters. The standard InChI is InChI=1S/C17H21NO2/c1-13-10-14(2)12-17(11-13)20-9-8-18-15-4-6-16(19-3)7-5-15/h4-7,10-12,18H,8-9H2,1-3H3. The van der Waals surface area contributed by atoms with E-state index in [1.807, 2.05) is 24.3 Å². The Morgan fingerprint density at radius 1 is 0.900 bits per heavy atom. The molecule has 0 unspecified atom stereocenters. The van der Waals surface area contributed by atoms with Gasteiger partial charge in [-0.1, -0.05) is 6.07 Å². The number of rotatable bonds is 6. The molecule has 0 aliphatic rings. The summed E-state index contributed by atoms with van der Waals surface area (Å²) < 4.78 is 10.9. The van der Waals surface area contributed by atoms with Crippen LogP contribution in [0.3, 0.4) is 0 Å². The van der Waals surface area contributed by atoms with Gasteiger partial charge in [0.15, 0.2) is 0 Å². The number of benzene rings is 2. The van der Waals surface area contributed by atoms with Gasteiger partial charge in [0.1, 0.15) is 18.1 Å². The van der Waals surface area contributed by atoms with Gasteiger partial charge in [-0.2, -0.15) is 0 Å². The largest absolute Gasteiger partial charge is 0.497 e. The van der Waals surface area contributed by atoms with Crippen molar-refractivity contribution in [2.24, 2.45) is 0 Å². The molecule has 0 aromatic heterocycles. The fourth-order valence-electron chi connectivity index (χ4n) is 2.09. The zero-order valence-electron chi connectivity index (χ0n) is 12.3. The fourth-order valence-corrected chi connectivity index (χ4v) is 2.09. The highest BCUT2D eigenvalue weighted by Crippen LogP contribution is 2.17. The van der Waals surface area contributed by atoms with Crippen molar-refractivity contribution in [2.45, 2.75) is 13.8 Å². The fraction of sp³-hybridized carbons (Fsp3) is 0.294. The molecule has 0 bridgehead atoms. The predicted octanol–water partition coefficient (Wildman–Crippen LogP) is 3.80. The first-order valence-corrected chi connectivity index (χ1v) is 6.76. The number of hydrogen-bond donors (Lipinski definition) is 1. The zero-order chi connectivity index (χ0) is 14.4. The smallest absolute Gasteiger partial charge is 0.119 e. The first kappa shape index (κ1) is 14.3. The summed E-state index contributed by atoms with van der Waals surface area (Å²) in [5.41, 5.74) is 3.51. The summed E-state index contributed by atoms with van der Waals surface area (Å²) >= 11 is 0. The van der Waals surface area contributed by atoms with E-state index in [1.165, 1.54) is 11.1 Å². The molecule has 3 nitrogen and oxygen atoms in total. The van der Waals surface area contributed by atoms with Crippen molar-refractivity contribution in [3.8, 4) is 11.5 Å². The van der Waals surface area contributed by atoms with Crippen LogP contribution in [0.4, 0.5) is 5.69 Å². The van der Waals surface area contributed by atoms with E-state index in [1.54, 1.807) is 7.11 Å². The minimum atomic E-state index is 0.634. The number of nitrogens with one attached hydrogen (secondary N) is 1. The van der Waals surface area contributed by atoms with Crippen molar-refractivity contribution in [1.82, 2.24) is 0 Å². The van der Waals surface area contributed by atoms with Crippen molar-refractivity contribution in [3.63, 3.8) is 0 Å². The second kappa shape index (κ2) is 6.85. The Morgan fingerprint density at radius 3 is 2.15 bits per heavy atom. The van der Waals surface area contributed by atoms with Crippen LogP contribution in [0, 0.1) is 13.8 Å². The number of anilines is 1. The quantitative estimate of drug-likeness (QED) is 0.811. The summed E-state index contributed by atoms with van der Waals surface area (Å²) in [5, 5.41) is 3.31. The van der Waals surface area contributed by atoms with Crippen LogP contribution in [0.2, 0.25) is 0 Å². The SMILES string of the molecule is COc1ccc(NCCOc2cc(C)cc(C)c2)cc1. The Kier molecular flexibility index (Phi) is 4.88. The number of aryl methyl sites for hydroxylation is 2. The third kappa shape index (κ3) is 4.19. The average molecular weight is 271 g/mol. The molecular formula is C17H21NO2. The van der Waals surface area contributed by atoms with Gasteiger partial charge in [-0.05, 0) is 61.4 Å². The third-order valence-electron chi connectivity index (χ3n) is 2.99. The molecule has 0 spiro atoms. The van der Waals surface area contributed by atoms with Gasteiger partial charge in [-0.3, -0.25) is 0 Å². The maximum atomic E-state index is 5.75. The van der Waals surface area contributed by atoms with Crippen molar-refractivity contribution in [3.05, 3.63) is 53.6 Å². The van der Waals surface area contributed by atoms with Crippen molar-refractivity contribution in [2.75, 3.05) is 25.6 Å². The van der Waals surface area contributed by atoms with E-state index in [0.717, 1.165) is 23.7 Å². The molecule has 0 radical (unpaired) electrons. The normalized spacial score (nSPS) is 10.2. The third-order valence-corrected chi connectivity index (χ3v) is 2.99. The maximum absolute atomic E-state index is 5.75. The molecule has 0 amide bonds. The predicted molar refractivity (Wildman–Crippen MR) is 82.9 cm³/mol. The molecule has 2 rings (SSSR count). The maximum Gasteiger partial charge on any atom is 0.119 e. The lowest BCUT2D eigenvalue weighted by molar-refractivity contribution is 0.332. The van der Waals surface area contributed by atoms with E-state index in [9.17, 15) is 0 Å². The van der Waals surface area contributed by atoms with E-state index < -0.39 is 0 Å². The topological polar surface area (TPSA) is 30.5 Å². The highest BCUT2D eigenvalue weighted by Gasteiger charge is 1.97. The summed E-state index contributed by atoms with van der Waals surface area (Å²) in [4.78, 5) is 0.